The van der Waals surface area contributed by atoms with Crippen LogP contribution in [0, 0.1) is 5.82 Å². The van der Waals surface area contributed by atoms with Gasteiger partial charge in [0.25, 0.3) is 0 Å². The molecule has 2 amide bonds. The quantitative estimate of drug-likeness (QED) is 0.847. The maximum Gasteiger partial charge on any atom is 0.243 e. The normalized spacial score (nSPS) is 12.4. The monoisotopic (exact) mass is 372 g/mol. The van der Waals surface area contributed by atoms with E-state index in [0.717, 1.165) is 0 Å². The van der Waals surface area contributed by atoms with Gasteiger partial charge in [-0.1, -0.05) is 18.2 Å². The van der Waals surface area contributed by atoms with Gasteiger partial charge in [0, 0.05) is 18.3 Å². The minimum absolute atomic E-state index is 0.0855. The molecule has 0 saturated heterocycles. The second-order valence-corrected chi connectivity index (χ2v) is 6.08. The Bertz CT molecular complexity index is 840. The van der Waals surface area contributed by atoms with Gasteiger partial charge in [0.05, 0.1) is 13.0 Å². The van der Waals surface area contributed by atoms with Crippen LogP contribution < -0.4 is 14.8 Å². The van der Waals surface area contributed by atoms with Crippen LogP contribution in [0.4, 0.5) is 10.1 Å². The van der Waals surface area contributed by atoms with Crippen molar-refractivity contribution >= 4 is 17.5 Å². The number of ether oxygens (including phenoxy) is 2. The second kappa shape index (κ2) is 8.53. The maximum atomic E-state index is 13.7. The van der Waals surface area contributed by atoms with Gasteiger partial charge in [0.1, 0.15) is 19.0 Å². The lowest BCUT2D eigenvalue weighted by Crippen LogP contribution is -2.38. The second-order valence-electron chi connectivity index (χ2n) is 6.08. The zero-order chi connectivity index (χ0) is 19.2. The fraction of sp³-hybridized carbons (Fsp3) is 0.300. The summed E-state index contributed by atoms with van der Waals surface area (Å²) in [6.45, 7) is 2.96. The first-order valence-corrected chi connectivity index (χ1v) is 8.77. The minimum atomic E-state index is -0.428. The largest absolute Gasteiger partial charge is 0.486 e. The van der Waals surface area contributed by atoms with Gasteiger partial charge in [-0.3, -0.25) is 9.59 Å². The lowest BCUT2D eigenvalue weighted by atomic mass is 10.1. The third-order valence-corrected chi connectivity index (χ3v) is 4.19. The van der Waals surface area contributed by atoms with Crippen LogP contribution in [0.5, 0.6) is 11.5 Å². The Balaban J connectivity index is 1.59. The summed E-state index contributed by atoms with van der Waals surface area (Å²) < 4.78 is 24.7. The van der Waals surface area contributed by atoms with Crippen molar-refractivity contribution in [3.8, 4) is 11.5 Å². The highest BCUT2D eigenvalue weighted by molar-refractivity contribution is 5.95. The first kappa shape index (κ1) is 18.7. The van der Waals surface area contributed by atoms with Crippen LogP contribution in [0.1, 0.15) is 12.5 Å². The molecule has 0 fully saturated rings. The molecule has 7 heteroatoms. The number of nitrogens with one attached hydrogen (secondary N) is 1. The number of carbonyl (C=O) groups excluding carboxylic acids is 2. The van der Waals surface area contributed by atoms with Crippen LogP contribution in [0.2, 0.25) is 0 Å². The Kier molecular flexibility index (Phi) is 5.90. The molecule has 1 aliphatic rings. The summed E-state index contributed by atoms with van der Waals surface area (Å²) in [6, 6.07) is 11.2. The van der Waals surface area contributed by atoms with Gasteiger partial charge < -0.3 is 19.7 Å². The van der Waals surface area contributed by atoms with Crippen LogP contribution >= 0.6 is 0 Å². The number of amides is 2. The Morgan fingerprint density at radius 2 is 1.85 bits per heavy atom. The summed E-state index contributed by atoms with van der Waals surface area (Å²) in [6.07, 6.45) is -0.0855. The molecule has 1 aliphatic heterocycles. The number of anilines is 1. The molecule has 6 nitrogen and oxygen atoms in total. The van der Waals surface area contributed by atoms with Crippen molar-refractivity contribution in [1.29, 1.82) is 0 Å². The molecule has 2 aromatic carbocycles. The molecule has 0 saturated carbocycles. The van der Waals surface area contributed by atoms with Crippen molar-refractivity contribution in [3.05, 3.63) is 53.8 Å². The molecule has 0 radical (unpaired) electrons. The maximum absolute atomic E-state index is 13.7. The summed E-state index contributed by atoms with van der Waals surface area (Å²) >= 11 is 0. The van der Waals surface area contributed by atoms with E-state index in [9.17, 15) is 14.0 Å². The predicted molar refractivity (Wildman–Crippen MR) is 98.4 cm³/mol. The van der Waals surface area contributed by atoms with Crippen LogP contribution in [0.25, 0.3) is 0 Å². The molecule has 0 unspecified atom stereocenters. The number of hydrogen-bond donors (Lipinski definition) is 1. The Morgan fingerprint density at radius 3 is 2.59 bits per heavy atom. The molecule has 2 aromatic rings. The minimum Gasteiger partial charge on any atom is -0.486 e. The van der Waals surface area contributed by atoms with Crippen molar-refractivity contribution in [2.45, 2.75) is 13.3 Å². The average molecular weight is 372 g/mol. The third-order valence-electron chi connectivity index (χ3n) is 4.19. The van der Waals surface area contributed by atoms with E-state index in [1.54, 1.807) is 43.3 Å². The molecular weight excluding hydrogens is 351 g/mol. The summed E-state index contributed by atoms with van der Waals surface area (Å²) in [7, 11) is 0. The van der Waals surface area contributed by atoms with E-state index in [0.29, 0.717) is 42.5 Å². The number of likely N-dealkylation sites (N-methyl/N-ethyl adjacent to an activating group) is 1. The van der Waals surface area contributed by atoms with Crippen LogP contribution in [-0.4, -0.2) is 43.0 Å². The van der Waals surface area contributed by atoms with E-state index in [1.165, 1.54) is 11.0 Å². The molecule has 0 bridgehead atoms. The molecule has 1 N–H and O–H groups in total. The van der Waals surface area contributed by atoms with Crippen molar-refractivity contribution in [1.82, 2.24) is 4.90 Å². The number of carbonyl (C=O) groups is 2. The highest BCUT2D eigenvalue weighted by atomic mass is 19.1. The van der Waals surface area contributed by atoms with E-state index in [4.69, 9.17) is 9.47 Å². The number of fused-ring (bicyclic) bond motifs is 1. The lowest BCUT2D eigenvalue weighted by molar-refractivity contribution is -0.133. The zero-order valence-corrected chi connectivity index (χ0v) is 15.0. The Hall–Kier alpha value is -3.09. The SMILES string of the molecule is CCN(CC(=O)Nc1ccc2c(c1)OCCO2)C(=O)Cc1ccccc1F. The van der Waals surface area contributed by atoms with Crippen molar-refractivity contribution in [2.24, 2.45) is 0 Å². The predicted octanol–water partition coefficient (Wildman–Crippen LogP) is 2.63. The number of benzene rings is 2. The molecule has 3 rings (SSSR count). The first-order valence-electron chi connectivity index (χ1n) is 8.77. The van der Waals surface area contributed by atoms with Crippen molar-refractivity contribution < 1.29 is 23.5 Å². The van der Waals surface area contributed by atoms with Crippen LogP contribution in [0.3, 0.4) is 0 Å². The average Bonchev–Trinajstić information content (AvgIpc) is 2.67. The summed E-state index contributed by atoms with van der Waals surface area (Å²) in [5.74, 6) is 0.134. The standard InChI is InChI=1S/C20H21FN2O4/c1-2-23(20(25)11-14-5-3-4-6-16(14)21)13-19(24)22-15-7-8-17-18(12-15)27-10-9-26-17/h3-8,12H,2,9-11,13H2,1H3,(H,22,24). The van der Waals surface area contributed by atoms with Crippen LogP contribution in [0.15, 0.2) is 42.5 Å². The molecule has 0 spiro atoms. The molecule has 0 aliphatic carbocycles. The smallest absolute Gasteiger partial charge is 0.243 e. The Labute approximate surface area is 156 Å². The summed E-state index contributed by atoms with van der Waals surface area (Å²) in [4.78, 5) is 26.1. The number of rotatable bonds is 6. The van der Waals surface area contributed by atoms with Gasteiger partial charge in [0.2, 0.25) is 11.8 Å². The first-order chi connectivity index (χ1) is 13.1. The summed E-state index contributed by atoms with van der Waals surface area (Å²) in [5, 5.41) is 2.74. The van der Waals surface area contributed by atoms with Gasteiger partial charge in [-0.2, -0.15) is 0 Å². The molecule has 142 valence electrons. The topological polar surface area (TPSA) is 67.9 Å². The molecule has 0 aromatic heterocycles. The van der Waals surface area contributed by atoms with Gasteiger partial charge >= 0.3 is 0 Å². The van der Waals surface area contributed by atoms with E-state index in [2.05, 4.69) is 5.32 Å². The van der Waals surface area contributed by atoms with Crippen LogP contribution in [-0.2, 0) is 16.0 Å². The van der Waals surface area contributed by atoms with Crippen molar-refractivity contribution in [2.75, 3.05) is 31.6 Å². The lowest BCUT2D eigenvalue weighted by Gasteiger charge is -2.21. The van der Waals surface area contributed by atoms with E-state index >= 15 is 0 Å². The van der Waals surface area contributed by atoms with Gasteiger partial charge in [-0.25, -0.2) is 4.39 Å². The molecule has 0 atom stereocenters. The fourth-order valence-electron chi connectivity index (χ4n) is 2.79. The third kappa shape index (κ3) is 4.75. The van der Waals surface area contributed by atoms with Gasteiger partial charge in [-0.05, 0) is 30.7 Å². The fourth-order valence-corrected chi connectivity index (χ4v) is 2.79. The molecule has 1 heterocycles. The number of halogens is 1. The van der Waals surface area contributed by atoms with Gasteiger partial charge in [0.15, 0.2) is 11.5 Å². The van der Waals surface area contributed by atoms with Gasteiger partial charge in [-0.15, -0.1) is 0 Å². The zero-order valence-electron chi connectivity index (χ0n) is 15.0. The molecular formula is C20H21FN2O4. The Morgan fingerprint density at radius 1 is 1.11 bits per heavy atom. The van der Waals surface area contributed by atoms with Crippen molar-refractivity contribution in [3.63, 3.8) is 0 Å². The number of nitrogens with zero attached hydrogens (tertiary/aromatic N) is 1. The summed E-state index contributed by atoms with van der Waals surface area (Å²) in [5.41, 5.74) is 0.870. The number of hydrogen-bond acceptors (Lipinski definition) is 4. The van der Waals surface area contributed by atoms with E-state index in [-0.39, 0.29) is 24.8 Å². The highest BCUT2D eigenvalue weighted by Crippen LogP contribution is 2.32. The molecule has 27 heavy (non-hydrogen) atoms. The van der Waals surface area contributed by atoms with E-state index < -0.39 is 5.82 Å². The van der Waals surface area contributed by atoms with E-state index in [1.807, 2.05) is 0 Å². The highest BCUT2D eigenvalue weighted by Gasteiger charge is 2.18.